The summed E-state index contributed by atoms with van der Waals surface area (Å²) in [7, 11) is 1.63. The molecule has 0 radical (unpaired) electrons. The lowest BCUT2D eigenvalue weighted by atomic mass is 9.84. The highest BCUT2D eigenvalue weighted by Crippen LogP contribution is 2.44. The molecule has 30 heavy (non-hydrogen) atoms. The second-order valence-electron chi connectivity index (χ2n) is 9.93. The molecule has 2 fully saturated rings. The standard InChI is InChI=1S/C24H36N2O3S/c1-18(17-23(2,3)4)16-21(27)25-12-10-24(11-13-25)26(14-15-30-24)22(28)19-6-8-20(29-5)9-7-19/h6-9,18H,10-17H2,1-5H3/t18-/m0/s1. The summed E-state index contributed by atoms with van der Waals surface area (Å²) in [5, 5.41) is 0. The summed E-state index contributed by atoms with van der Waals surface area (Å²) in [5.74, 6) is 2.45. The van der Waals surface area contributed by atoms with Gasteiger partial charge in [-0.15, -0.1) is 11.8 Å². The number of hydrogen-bond acceptors (Lipinski definition) is 4. The van der Waals surface area contributed by atoms with Crippen molar-refractivity contribution in [1.82, 2.24) is 9.80 Å². The molecule has 2 aliphatic rings. The average Bonchev–Trinajstić information content (AvgIpc) is 3.09. The minimum absolute atomic E-state index is 0.0845. The zero-order chi connectivity index (χ0) is 21.9. The number of thioether (sulfide) groups is 1. The number of ether oxygens (including phenoxy) is 1. The number of carbonyl (C=O) groups is 2. The third-order valence-electron chi connectivity index (χ3n) is 6.14. The highest BCUT2D eigenvalue weighted by molar-refractivity contribution is 8.00. The van der Waals surface area contributed by atoms with Gasteiger partial charge in [0.05, 0.1) is 12.0 Å². The van der Waals surface area contributed by atoms with Crippen LogP contribution < -0.4 is 4.74 Å². The largest absolute Gasteiger partial charge is 0.497 e. The third-order valence-corrected chi connectivity index (χ3v) is 7.69. The first kappa shape index (κ1) is 23.0. The van der Waals surface area contributed by atoms with E-state index in [1.807, 2.05) is 45.8 Å². The molecular weight excluding hydrogens is 396 g/mol. The number of piperidine rings is 1. The van der Waals surface area contributed by atoms with Crippen molar-refractivity contribution in [1.29, 1.82) is 0 Å². The van der Waals surface area contributed by atoms with Gasteiger partial charge in [0.1, 0.15) is 5.75 Å². The average molecular weight is 433 g/mol. The summed E-state index contributed by atoms with van der Waals surface area (Å²) in [6, 6.07) is 7.35. The smallest absolute Gasteiger partial charge is 0.255 e. The molecule has 0 aromatic heterocycles. The monoisotopic (exact) mass is 432 g/mol. The predicted molar refractivity (Wildman–Crippen MR) is 123 cm³/mol. The van der Waals surface area contributed by atoms with Crippen LogP contribution in [0.2, 0.25) is 0 Å². The number of methoxy groups -OCH3 is 1. The van der Waals surface area contributed by atoms with E-state index in [4.69, 9.17) is 4.74 Å². The first-order chi connectivity index (χ1) is 14.1. The topological polar surface area (TPSA) is 49.9 Å². The molecule has 0 N–H and O–H groups in total. The van der Waals surface area contributed by atoms with E-state index >= 15 is 0 Å². The molecule has 166 valence electrons. The molecular formula is C24H36N2O3S. The normalized spacial score (nSPS) is 19.8. The summed E-state index contributed by atoms with van der Waals surface area (Å²) in [4.78, 5) is 29.9. The maximum Gasteiger partial charge on any atom is 0.255 e. The van der Waals surface area contributed by atoms with Crippen LogP contribution in [0.5, 0.6) is 5.75 Å². The van der Waals surface area contributed by atoms with Gasteiger partial charge in [-0.3, -0.25) is 9.59 Å². The Morgan fingerprint density at radius 1 is 1.13 bits per heavy atom. The van der Waals surface area contributed by atoms with Crippen molar-refractivity contribution in [2.75, 3.05) is 32.5 Å². The van der Waals surface area contributed by atoms with Crippen LogP contribution in [0.1, 0.15) is 63.7 Å². The van der Waals surface area contributed by atoms with Crippen molar-refractivity contribution < 1.29 is 14.3 Å². The number of amides is 2. The molecule has 1 atom stereocenters. The first-order valence-electron chi connectivity index (χ1n) is 11.0. The molecule has 5 nitrogen and oxygen atoms in total. The maximum atomic E-state index is 13.2. The lowest BCUT2D eigenvalue weighted by Crippen LogP contribution is -2.53. The van der Waals surface area contributed by atoms with E-state index in [-0.39, 0.29) is 22.1 Å². The quantitative estimate of drug-likeness (QED) is 0.679. The van der Waals surface area contributed by atoms with Gasteiger partial charge in [-0.2, -0.15) is 0 Å². The van der Waals surface area contributed by atoms with E-state index < -0.39 is 0 Å². The van der Waals surface area contributed by atoms with Crippen molar-refractivity contribution in [3.8, 4) is 5.75 Å². The summed E-state index contributed by atoms with van der Waals surface area (Å²) in [5.41, 5.74) is 0.946. The lowest BCUT2D eigenvalue weighted by Gasteiger charge is -2.44. The molecule has 2 heterocycles. The van der Waals surface area contributed by atoms with E-state index in [1.54, 1.807) is 7.11 Å². The predicted octanol–water partition coefficient (Wildman–Crippen LogP) is 4.67. The molecule has 0 aliphatic carbocycles. The Balaban J connectivity index is 1.60. The van der Waals surface area contributed by atoms with Gasteiger partial charge in [0.2, 0.25) is 5.91 Å². The molecule has 6 heteroatoms. The Morgan fingerprint density at radius 3 is 2.33 bits per heavy atom. The molecule has 1 aromatic carbocycles. The number of carbonyl (C=O) groups excluding carboxylic acids is 2. The van der Waals surface area contributed by atoms with Gasteiger partial charge in [0.15, 0.2) is 0 Å². The van der Waals surface area contributed by atoms with Crippen LogP contribution in [0, 0.1) is 11.3 Å². The minimum Gasteiger partial charge on any atom is -0.497 e. The number of nitrogens with zero attached hydrogens (tertiary/aromatic N) is 2. The summed E-state index contributed by atoms with van der Waals surface area (Å²) < 4.78 is 5.21. The van der Waals surface area contributed by atoms with Gasteiger partial charge >= 0.3 is 0 Å². The fraction of sp³-hybridized carbons (Fsp3) is 0.667. The molecule has 0 bridgehead atoms. The van der Waals surface area contributed by atoms with E-state index in [1.165, 1.54) is 0 Å². The van der Waals surface area contributed by atoms with Crippen LogP contribution in [-0.4, -0.2) is 59.0 Å². The van der Waals surface area contributed by atoms with Crippen molar-refractivity contribution in [3.63, 3.8) is 0 Å². The maximum absolute atomic E-state index is 13.2. The van der Waals surface area contributed by atoms with E-state index in [0.29, 0.717) is 17.9 Å². The molecule has 1 spiro atoms. The fourth-order valence-electron chi connectivity index (χ4n) is 4.85. The van der Waals surface area contributed by atoms with E-state index in [2.05, 4.69) is 27.7 Å². The lowest BCUT2D eigenvalue weighted by molar-refractivity contribution is -0.133. The van der Waals surface area contributed by atoms with E-state index in [0.717, 1.165) is 50.4 Å². The van der Waals surface area contributed by atoms with Crippen LogP contribution in [0.3, 0.4) is 0 Å². The van der Waals surface area contributed by atoms with Crippen LogP contribution in [0.4, 0.5) is 0 Å². The summed E-state index contributed by atoms with van der Waals surface area (Å²) in [6.07, 6.45) is 3.36. The first-order valence-corrected chi connectivity index (χ1v) is 12.0. The number of likely N-dealkylation sites (tertiary alicyclic amines) is 1. The van der Waals surface area contributed by atoms with Crippen molar-refractivity contribution in [2.45, 2.75) is 58.2 Å². The summed E-state index contributed by atoms with van der Waals surface area (Å²) >= 11 is 1.88. The molecule has 1 aromatic rings. The van der Waals surface area contributed by atoms with Crippen molar-refractivity contribution in [3.05, 3.63) is 29.8 Å². The van der Waals surface area contributed by atoms with Crippen LogP contribution in [0.15, 0.2) is 24.3 Å². The van der Waals surface area contributed by atoms with Gasteiger partial charge in [-0.25, -0.2) is 0 Å². The Bertz CT molecular complexity index is 749. The Morgan fingerprint density at radius 2 is 1.77 bits per heavy atom. The fourth-order valence-corrected chi connectivity index (χ4v) is 6.30. The number of benzene rings is 1. The molecule has 3 rings (SSSR count). The number of hydrogen-bond donors (Lipinski definition) is 0. The second-order valence-corrected chi connectivity index (χ2v) is 11.4. The van der Waals surface area contributed by atoms with Gasteiger partial charge in [0.25, 0.3) is 5.91 Å². The zero-order valence-corrected chi connectivity index (χ0v) is 19.9. The SMILES string of the molecule is COc1ccc(C(=O)N2CCSC23CCN(C(=O)C[C@H](C)CC(C)(C)C)CC3)cc1. The van der Waals surface area contributed by atoms with Crippen molar-refractivity contribution in [2.24, 2.45) is 11.3 Å². The Hall–Kier alpha value is -1.69. The second kappa shape index (κ2) is 9.21. The molecule has 2 amide bonds. The van der Waals surface area contributed by atoms with Gasteiger partial charge in [-0.1, -0.05) is 27.7 Å². The highest BCUT2D eigenvalue weighted by Gasteiger charge is 2.47. The minimum atomic E-state index is -0.176. The van der Waals surface area contributed by atoms with Gasteiger partial charge in [-0.05, 0) is 54.9 Å². The summed E-state index contributed by atoms with van der Waals surface area (Å²) in [6.45, 7) is 11.1. The highest BCUT2D eigenvalue weighted by atomic mass is 32.2. The Kier molecular flexibility index (Phi) is 7.05. The van der Waals surface area contributed by atoms with Gasteiger partial charge in [0, 0.05) is 37.4 Å². The molecule has 0 unspecified atom stereocenters. The molecule has 2 saturated heterocycles. The van der Waals surface area contributed by atoms with Crippen LogP contribution in [0.25, 0.3) is 0 Å². The van der Waals surface area contributed by atoms with E-state index in [9.17, 15) is 9.59 Å². The third kappa shape index (κ3) is 5.32. The van der Waals surface area contributed by atoms with Crippen molar-refractivity contribution >= 4 is 23.6 Å². The Labute approximate surface area is 185 Å². The molecule has 0 saturated carbocycles. The number of rotatable bonds is 5. The van der Waals surface area contributed by atoms with Crippen LogP contribution in [-0.2, 0) is 4.79 Å². The van der Waals surface area contributed by atoms with Crippen LogP contribution >= 0.6 is 11.8 Å². The zero-order valence-electron chi connectivity index (χ0n) is 19.1. The van der Waals surface area contributed by atoms with Gasteiger partial charge < -0.3 is 14.5 Å². The molecule has 2 aliphatic heterocycles.